The van der Waals surface area contributed by atoms with Gasteiger partial charge in [0.2, 0.25) is 5.13 Å². The van der Waals surface area contributed by atoms with Crippen molar-refractivity contribution < 1.29 is 24.2 Å². The van der Waals surface area contributed by atoms with Crippen LogP contribution in [0.15, 0.2) is 54.1 Å². The number of amides is 1. The summed E-state index contributed by atoms with van der Waals surface area (Å²) in [4.78, 5) is 27.4. The Bertz CT molecular complexity index is 1190. The molecular weight excluding hydrogens is 430 g/mol. The summed E-state index contributed by atoms with van der Waals surface area (Å²) < 4.78 is 10.7. The van der Waals surface area contributed by atoms with Crippen molar-refractivity contribution in [3.8, 4) is 11.5 Å². The number of ether oxygens (including phenoxy) is 2. The molecule has 2 aromatic carbocycles. The number of benzene rings is 2. The van der Waals surface area contributed by atoms with Gasteiger partial charge in [-0.05, 0) is 55.8 Å². The van der Waals surface area contributed by atoms with Gasteiger partial charge in [-0.25, -0.2) is 0 Å². The van der Waals surface area contributed by atoms with Gasteiger partial charge in [-0.15, -0.1) is 10.2 Å². The van der Waals surface area contributed by atoms with Crippen molar-refractivity contribution in [3.63, 3.8) is 0 Å². The SMILES string of the molecule is CCOc1ccc(C(O)=C2C(=O)C(=O)N(c3nnc(C)s3)C2c2ccc(OC)cc2)cc1. The lowest BCUT2D eigenvalue weighted by Gasteiger charge is -2.22. The predicted octanol–water partition coefficient (Wildman–Crippen LogP) is 3.88. The third-order valence-corrected chi connectivity index (χ3v) is 5.87. The van der Waals surface area contributed by atoms with Crippen molar-refractivity contribution in [1.29, 1.82) is 0 Å². The van der Waals surface area contributed by atoms with E-state index in [1.165, 1.54) is 16.2 Å². The van der Waals surface area contributed by atoms with Crippen LogP contribution >= 0.6 is 11.3 Å². The quantitative estimate of drug-likeness (QED) is 0.345. The van der Waals surface area contributed by atoms with Gasteiger partial charge >= 0.3 is 5.91 Å². The molecule has 0 radical (unpaired) electrons. The van der Waals surface area contributed by atoms with E-state index >= 15 is 0 Å². The highest BCUT2D eigenvalue weighted by Gasteiger charge is 2.48. The Balaban J connectivity index is 1.86. The number of aliphatic hydroxyl groups excluding tert-OH is 1. The van der Waals surface area contributed by atoms with Crippen molar-refractivity contribution in [2.75, 3.05) is 18.6 Å². The average molecular weight is 452 g/mol. The van der Waals surface area contributed by atoms with E-state index in [-0.39, 0.29) is 16.5 Å². The minimum atomic E-state index is -0.861. The molecule has 4 rings (SSSR count). The Morgan fingerprint density at radius 3 is 2.28 bits per heavy atom. The zero-order valence-electron chi connectivity index (χ0n) is 17.7. The van der Waals surface area contributed by atoms with E-state index < -0.39 is 17.7 Å². The molecule has 2 heterocycles. The van der Waals surface area contributed by atoms with Gasteiger partial charge in [-0.1, -0.05) is 23.5 Å². The molecule has 32 heavy (non-hydrogen) atoms. The zero-order valence-corrected chi connectivity index (χ0v) is 18.5. The largest absolute Gasteiger partial charge is 0.507 e. The van der Waals surface area contributed by atoms with Crippen LogP contribution in [-0.4, -0.2) is 40.7 Å². The van der Waals surface area contributed by atoms with Gasteiger partial charge < -0.3 is 14.6 Å². The molecule has 9 heteroatoms. The molecule has 1 aliphatic rings. The summed E-state index contributed by atoms with van der Waals surface area (Å²) in [6.07, 6.45) is 0. The molecule has 1 aliphatic heterocycles. The van der Waals surface area contributed by atoms with Crippen LogP contribution in [0.4, 0.5) is 5.13 Å². The minimum absolute atomic E-state index is 0.0165. The molecular formula is C23H21N3O5S. The van der Waals surface area contributed by atoms with Gasteiger partial charge in [-0.3, -0.25) is 14.5 Å². The molecule has 8 nitrogen and oxygen atoms in total. The number of aryl methyl sites for hydroxylation is 1. The Labute approximate surface area is 188 Å². The highest BCUT2D eigenvalue weighted by molar-refractivity contribution is 7.15. The van der Waals surface area contributed by atoms with Gasteiger partial charge in [0, 0.05) is 5.56 Å². The predicted molar refractivity (Wildman–Crippen MR) is 120 cm³/mol. The number of anilines is 1. The van der Waals surface area contributed by atoms with Crippen molar-refractivity contribution in [2.45, 2.75) is 19.9 Å². The third-order valence-electron chi connectivity index (χ3n) is 5.04. The number of methoxy groups -OCH3 is 1. The summed E-state index contributed by atoms with van der Waals surface area (Å²) >= 11 is 1.20. The molecule has 0 bridgehead atoms. The first-order chi connectivity index (χ1) is 15.4. The van der Waals surface area contributed by atoms with Crippen LogP contribution < -0.4 is 14.4 Å². The molecule has 1 aromatic heterocycles. The lowest BCUT2D eigenvalue weighted by molar-refractivity contribution is -0.132. The first-order valence-electron chi connectivity index (χ1n) is 9.93. The molecule has 164 valence electrons. The van der Waals surface area contributed by atoms with Gasteiger partial charge in [0.05, 0.1) is 25.3 Å². The second-order valence-corrected chi connectivity index (χ2v) is 8.16. The number of aromatic nitrogens is 2. The van der Waals surface area contributed by atoms with E-state index in [2.05, 4.69) is 10.2 Å². The second-order valence-electron chi connectivity index (χ2n) is 7.00. The van der Waals surface area contributed by atoms with E-state index in [0.29, 0.717) is 34.2 Å². The van der Waals surface area contributed by atoms with Crippen molar-refractivity contribution >= 4 is 33.9 Å². The number of hydrogen-bond acceptors (Lipinski definition) is 8. The Hall–Kier alpha value is -3.72. The van der Waals surface area contributed by atoms with E-state index in [9.17, 15) is 14.7 Å². The van der Waals surface area contributed by atoms with Crippen LogP contribution in [0, 0.1) is 6.92 Å². The highest BCUT2D eigenvalue weighted by Crippen LogP contribution is 2.43. The topological polar surface area (TPSA) is 102 Å². The molecule has 3 aromatic rings. The molecule has 1 unspecified atom stereocenters. The summed E-state index contributed by atoms with van der Waals surface area (Å²) in [5.41, 5.74) is 1.01. The molecule has 1 fully saturated rings. The number of hydrogen-bond donors (Lipinski definition) is 1. The number of nitrogens with zero attached hydrogens (tertiary/aromatic N) is 3. The standard InChI is InChI=1S/C23H21N3O5S/c1-4-31-17-11-7-15(8-12-17)20(27)18-19(14-5-9-16(30-3)10-6-14)26(22(29)21(18)28)23-25-24-13(2)32-23/h5-12,19,27H,4H2,1-3H3. The average Bonchev–Trinajstić information content (AvgIpc) is 3.34. The number of aliphatic hydroxyl groups is 1. The molecule has 1 saturated heterocycles. The second kappa shape index (κ2) is 8.80. The van der Waals surface area contributed by atoms with E-state index in [0.717, 1.165) is 0 Å². The number of rotatable bonds is 6. The van der Waals surface area contributed by atoms with Crippen molar-refractivity contribution in [3.05, 3.63) is 70.2 Å². The fourth-order valence-corrected chi connectivity index (χ4v) is 4.26. The molecule has 1 atom stereocenters. The van der Waals surface area contributed by atoms with Crippen LogP contribution in [0.2, 0.25) is 0 Å². The smallest absolute Gasteiger partial charge is 0.301 e. The Morgan fingerprint density at radius 2 is 1.72 bits per heavy atom. The summed E-state index contributed by atoms with van der Waals surface area (Å²) in [6, 6.07) is 12.8. The first-order valence-corrected chi connectivity index (χ1v) is 10.7. The molecule has 0 aliphatic carbocycles. The number of Topliss-reactive ketones (excluding diaryl/α,β-unsaturated/α-hetero) is 1. The fraction of sp³-hybridized carbons (Fsp3) is 0.217. The zero-order chi connectivity index (χ0) is 22.8. The van der Waals surface area contributed by atoms with Gasteiger partial charge in [-0.2, -0.15) is 0 Å². The number of carbonyl (C=O) groups excluding carboxylic acids is 2. The Morgan fingerprint density at radius 1 is 1.06 bits per heavy atom. The molecule has 0 spiro atoms. The van der Waals surface area contributed by atoms with Gasteiger partial charge in [0.15, 0.2) is 0 Å². The highest BCUT2D eigenvalue weighted by atomic mass is 32.1. The van der Waals surface area contributed by atoms with Gasteiger partial charge in [0.25, 0.3) is 5.78 Å². The number of carbonyl (C=O) groups is 2. The van der Waals surface area contributed by atoms with Crippen LogP contribution in [0.5, 0.6) is 11.5 Å². The molecule has 0 saturated carbocycles. The van der Waals surface area contributed by atoms with Crippen LogP contribution in [0.1, 0.15) is 29.1 Å². The van der Waals surface area contributed by atoms with E-state index in [4.69, 9.17) is 9.47 Å². The van der Waals surface area contributed by atoms with Gasteiger partial charge in [0.1, 0.15) is 22.3 Å². The summed E-state index contributed by atoms with van der Waals surface area (Å²) in [7, 11) is 1.55. The maximum atomic E-state index is 13.1. The Kier molecular flexibility index (Phi) is 5.91. The molecule has 1 N–H and O–H groups in total. The maximum absolute atomic E-state index is 13.1. The lowest BCUT2D eigenvalue weighted by Crippen LogP contribution is -2.29. The van der Waals surface area contributed by atoms with E-state index in [1.54, 1.807) is 62.6 Å². The van der Waals surface area contributed by atoms with Crippen molar-refractivity contribution in [2.24, 2.45) is 0 Å². The van der Waals surface area contributed by atoms with E-state index in [1.807, 2.05) is 6.92 Å². The first kappa shape index (κ1) is 21.5. The van der Waals surface area contributed by atoms with Crippen molar-refractivity contribution in [1.82, 2.24) is 10.2 Å². The van der Waals surface area contributed by atoms with Crippen LogP contribution in [0.3, 0.4) is 0 Å². The third kappa shape index (κ3) is 3.82. The van der Waals surface area contributed by atoms with Crippen LogP contribution in [0.25, 0.3) is 5.76 Å². The lowest BCUT2D eigenvalue weighted by atomic mass is 9.95. The summed E-state index contributed by atoms with van der Waals surface area (Å²) in [6.45, 7) is 4.15. The summed E-state index contributed by atoms with van der Waals surface area (Å²) in [5, 5.41) is 20.1. The maximum Gasteiger partial charge on any atom is 0.301 e. The normalized spacial score (nSPS) is 17.6. The fourth-order valence-electron chi connectivity index (χ4n) is 3.55. The monoisotopic (exact) mass is 451 g/mol. The molecule has 1 amide bonds. The summed E-state index contributed by atoms with van der Waals surface area (Å²) in [5.74, 6) is -0.556. The number of ketones is 1. The van der Waals surface area contributed by atoms with Crippen LogP contribution in [-0.2, 0) is 9.59 Å². The minimum Gasteiger partial charge on any atom is -0.507 e.